The van der Waals surface area contributed by atoms with Crippen LogP contribution in [0.5, 0.6) is 17.2 Å². The number of aromatic nitrogens is 2. The van der Waals surface area contributed by atoms with Crippen molar-refractivity contribution in [3.63, 3.8) is 0 Å². The normalized spacial score (nSPS) is 10.9. The van der Waals surface area contributed by atoms with E-state index in [0.29, 0.717) is 6.54 Å². The molecule has 0 aliphatic rings. The molecule has 4 aromatic rings. The number of phenolic OH excluding ortho intramolecular Hbond substituents is 3. The third kappa shape index (κ3) is 3.18. The molecule has 0 spiro atoms. The molecule has 0 bridgehead atoms. The minimum Gasteiger partial charge on any atom is -0.508 e. The fraction of sp³-hybridized carbons (Fsp3) is 0.0870. The number of hydrogen-bond acceptors (Lipinski definition) is 4. The topological polar surface area (TPSA) is 78.5 Å². The zero-order chi connectivity index (χ0) is 19.7. The first-order chi connectivity index (χ1) is 13.6. The minimum absolute atomic E-state index is 0.198. The molecule has 0 aliphatic heterocycles. The van der Waals surface area contributed by atoms with E-state index >= 15 is 0 Å². The lowest BCUT2D eigenvalue weighted by Gasteiger charge is -2.11. The Kier molecular flexibility index (Phi) is 4.49. The van der Waals surface area contributed by atoms with E-state index in [2.05, 4.69) is 11.5 Å². The van der Waals surface area contributed by atoms with Crippen LogP contribution in [-0.4, -0.2) is 24.9 Å². The van der Waals surface area contributed by atoms with Crippen molar-refractivity contribution in [1.82, 2.24) is 9.55 Å². The van der Waals surface area contributed by atoms with Gasteiger partial charge < -0.3 is 19.9 Å². The molecule has 3 N–H and O–H groups in total. The summed E-state index contributed by atoms with van der Waals surface area (Å²) in [5.41, 5.74) is 4.42. The third-order valence-electron chi connectivity index (χ3n) is 4.69. The Hall–Kier alpha value is -3.73. The van der Waals surface area contributed by atoms with Crippen LogP contribution in [-0.2, 0) is 6.54 Å². The summed E-state index contributed by atoms with van der Waals surface area (Å²) >= 11 is 0. The molecule has 1 aromatic heterocycles. The molecule has 4 rings (SSSR count). The molecule has 28 heavy (non-hydrogen) atoms. The predicted octanol–water partition coefficient (Wildman–Crippen LogP) is 5.02. The first-order valence-electron chi connectivity index (χ1n) is 9.05. The number of aromatic hydroxyl groups is 3. The van der Waals surface area contributed by atoms with Crippen molar-refractivity contribution < 1.29 is 15.3 Å². The van der Waals surface area contributed by atoms with Gasteiger partial charge in [-0.05, 0) is 79.7 Å². The lowest BCUT2D eigenvalue weighted by Crippen LogP contribution is -2.00. The number of imidazole rings is 1. The monoisotopic (exact) mass is 372 g/mol. The van der Waals surface area contributed by atoms with Crippen LogP contribution in [0.3, 0.4) is 0 Å². The van der Waals surface area contributed by atoms with E-state index in [-0.39, 0.29) is 17.2 Å². The van der Waals surface area contributed by atoms with Crippen LogP contribution in [0.4, 0.5) is 0 Å². The number of benzene rings is 3. The van der Waals surface area contributed by atoms with E-state index in [1.54, 1.807) is 36.4 Å². The summed E-state index contributed by atoms with van der Waals surface area (Å²) in [5, 5.41) is 29.0. The van der Waals surface area contributed by atoms with Crippen molar-refractivity contribution >= 4 is 0 Å². The first-order valence-corrected chi connectivity index (χ1v) is 9.05. The SMILES string of the molecule is CCn1c(-c2ccc(O)cc2)nc(-c2ccc(O)cc2)c1-c1ccc(O)cc1. The van der Waals surface area contributed by atoms with Crippen molar-refractivity contribution in [2.45, 2.75) is 13.5 Å². The zero-order valence-electron chi connectivity index (χ0n) is 15.4. The molecule has 1 heterocycles. The van der Waals surface area contributed by atoms with Crippen molar-refractivity contribution in [2.24, 2.45) is 0 Å². The maximum Gasteiger partial charge on any atom is 0.141 e. The standard InChI is InChI=1S/C23H20N2O3/c1-2-25-22(16-5-11-19(27)12-6-16)21(15-3-9-18(26)10-4-15)24-23(25)17-7-13-20(28)14-8-17/h3-14,26-28H,2H2,1H3. The fourth-order valence-corrected chi connectivity index (χ4v) is 3.32. The summed E-state index contributed by atoms with van der Waals surface area (Å²) < 4.78 is 2.11. The quantitative estimate of drug-likeness (QED) is 0.470. The molecule has 5 nitrogen and oxygen atoms in total. The Morgan fingerprint density at radius 1 is 0.643 bits per heavy atom. The zero-order valence-corrected chi connectivity index (χ0v) is 15.4. The largest absolute Gasteiger partial charge is 0.508 e. The van der Waals surface area contributed by atoms with E-state index < -0.39 is 0 Å². The molecule has 3 aromatic carbocycles. The summed E-state index contributed by atoms with van der Waals surface area (Å²) in [5.74, 6) is 1.39. The van der Waals surface area contributed by atoms with Crippen molar-refractivity contribution in [3.8, 4) is 51.2 Å². The maximum atomic E-state index is 9.68. The molecule has 0 saturated heterocycles. The van der Waals surface area contributed by atoms with Gasteiger partial charge in [0.05, 0.1) is 11.4 Å². The van der Waals surface area contributed by atoms with Crippen molar-refractivity contribution in [1.29, 1.82) is 0 Å². The third-order valence-corrected chi connectivity index (χ3v) is 4.69. The highest BCUT2D eigenvalue weighted by Crippen LogP contribution is 2.37. The van der Waals surface area contributed by atoms with Gasteiger partial charge in [-0.3, -0.25) is 0 Å². The van der Waals surface area contributed by atoms with Gasteiger partial charge in [0.2, 0.25) is 0 Å². The van der Waals surface area contributed by atoms with Gasteiger partial charge in [-0.2, -0.15) is 0 Å². The van der Waals surface area contributed by atoms with Crippen LogP contribution in [0.2, 0.25) is 0 Å². The Labute approximate surface area is 162 Å². The molecule has 0 fully saturated rings. The summed E-state index contributed by atoms with van der Waals surface area (Å²) in [7, 11) is 0. The second-order valence-electron chi connectivity index (χ2n) is 6.52. The maximum absolute atomic E-state index is 9.68. The van der Waals surface area contributed by atoms with Gasteiger partial charge in [0.15, 0.2) is 0 Å². The Balaban J connectivity index is 1.99. The van der Waals surface area contributed by atoms with Gasteiger partial charge >= 0.3 is 0 Å². The average molecular weight is 372 g/mol. The van der Waals surface area contributed by atoms with Crippen LogP contribution in [0.1, 0.15) is 6.92 Å². The molecule has 0 amide bonds. The molecular formula is C23H20N2O3. The average Bonchev–Trinajstić information content (AvgIpc) is 3.09. The minimum atomic E-state index is 0.198. The van der Waals surface area contributed by atoms with Gasteiger partial charge in [-0.15, -0.1) is 0 Å². The highest BCUT2D eigenvalue weighted by molar-refractivity contribution is 5.82. The van der Waals surface area contributed by atoms with Crippen LogP contribution in [0.25, 0.3) is 33.9 Å². The Morgan fingerprint density at radius 3 is 1.54 bits per heavy atom. The lowest BCUT2D eigenvalue weighted by atomic mass is 10.0. The Bertz CT molecular complexity index is 1100. The second kappa shape index (κ2) is 7.12. The molecular weight excluding hydrogens is 352 g/mol. The smallest absolute Gasteiger partial charge is 0.141 e. The fourth-order valence-electron chi connectivity index (χ4n) is 3.32. The van der Waals surface area contributed by atoms with Crippen LogP contribution in [0.15, 0.2) is 72.8 Å². The number of hydrogen-bond donors (Lipinski definition) is 3. The van der Waals surface area contributed by atoms with E-state index in [9.17, 15) is 15.3 Å². The predicted molar refractivity (Wildman–Crippen MR) is 109 cm³/mol. The molecule has 0 saturated carbocycles. The molecule has 140 valence electrons. The number of rotatable bonds is 4. The molecule has 0 radical (unpaired) electrons. The van der Waals surface area contributed by atoms with E-state index in [1.807, 2.05) is 36.4 Å². The van der Waals surface area contributed by atoms with Crippen LogP contribution >= 0.6 is 0 Å². The highest BCUT2D eigenvalue weighted by atomic mass is 16.3. The number of nitrogens with zero attached hydrogens (tertiary/aromatic N) is 2. The van der Waals surface area contributed by atoms with Crippen molar-refractivity contribution in [2.75, 3.05) is 0 Å². The second-order valence-corrected chi connectivity index (χ2v) is 6.52. The van der Waals surface area contributed by atoms with E-state index in [1.165, 1.54) is 0 Å². The van der Waals surface area contributed by atoms with E-state index in [0.717, 1.165) is 33.9 Å². The summed E-state index contributed by atoms with van der Waals surface area (Å²) in [6, 6.07) is 21.0. The van der Waals surface area contributed by atoms with E-state index in [4.69, 9.17) is 4.98 Å². The lowest BCUT2D eigenvalue weighted by molar-refractivity contribution is 0.475. The molecule has 0 aliphatic carbocycles. The van der Waals surface area contributed by atoms with Gasteiger partial charge in [-0.1, -0.05) is 0 Å². The van der Waals surface area contributed by atoms with Gasteiger partial charge in [0, 0.05) is 23.2 Å². The van der Waals surface area contributed by atoms with Gasteiger partial charge in [0.1, 0.15) is 23.1 Å². The summed E-state index contributed by atoms with van der Waals surface area (Å²) in [4.78, 5) is 4.92. The van der Waals surface area contributed by atoms with Crippen LogP contribution in [0, 0.1) is 0 Å². The summed E-state index contributed by atoms with van der Waals surface area (Å²) in [6.45, 7) is 2.74. The Morgan fingerprint density at radius 2 is 1.07 bits per heavy atom. The van der Waals surface area contributed by atoms with Crippen molar-refractivity contribution in [3.05, 3.63) is 72.8 Å². The highest BCUT2D eigenvalue weighted by Gasteiger charge is 2.20. The van der Waals surface area contributed by atoms with Gasteiger partial charge in [0.25, 0.3) is 0 Å². The van der Waals surface area contributed by atoms with Crippen LogP contribution < -0.4 is 0 Å². The molecule has 5 heteroatoms. The van der Waals surface area contributed by atoms with Gasteiger partial charge in [-0.25, -0.2) is 4.98 Å². The number of phenols is 3. The summed E-state index contributed by atoms with van der Waals surface area (Å²) in [6.07, 6.45) is 0. The molecule has 0 unspecified atom stereocenters. The first kappa shape index (κ1) is 17.7. The molecule has 0 atom stereocenters.